The molecule has 1 aromatic heterocycles. The molecule has 2 aromatic carbocycles. The Morgan fingerprint density at radius 3 is 2.71 bits per heavy atom. The number of aromatic nitrogens is 3. The molecule has 2 N–H and O–H groups in total. The maximum Gasteiger partial charge on any atom is 0.226 e. The van der Waals surface area contributed by atoms with Crippen molar-refractivity contribution in [3.05, 3.63) is 71.2 Å². The van der Waals surface area contributed by atoms with Crippen LogP contribution in [0.2, 0.25) is 0 Å². The van der Waals surface area contributed by atoms with E-state index in [4.69, 9.17) is 9.47 Å². The van der Waals surface area contributed by atoms with Gasteiger partial charge in [0.1, 0.15) is 29.6 Å². The SMILES string of the molecule is COc1ccc([C@H]2C3=C(C[C@H](c4ccccc4O)CC3=O)Nc3ncnn32)c(OC)c1. The summed E-state index contributed by atoms with van der Waals surface area (Å²) >= 11 is 0. The zero-order chi connectivity index (χ0) is 21.5. The number of fused-ring (bicyclic) bond motifs is 1. The van der Waals surface area contributed by atoms with Crippen molar-refractivity contribution >= 4 is 11.7 Å². The lowest BCUT2D eigenvalue weighted by atomic mass is 9.77. The zero-order valence-electron chi connectivity index (χ0n) is 17.2. The number of allylic oxidation sites excluding steroid dienone is 2. The van der Waals surface area contributed by atoms with Gasteiger partial charge < -0.3 is 19.9 Å². The van der Waals surface area contributed by atoms with Crippen molar-refractivity contribution in [1.82, 2.24) is 14.8 Å². The summed E-state index contributed by atoms with van der Waals surface area (Å²) in [6, 6.07) is 12.2. The number of anilines is 1. The molecule has 3 aromatic rings. The summed E-state index contributed by atoms with van der Waals surface area (Å²) in [4.78, 5) is 17.8. The molecule has 31 heavy (non-hydrogen) atoms. The summed E-state index contributed by atoms with van der Waals surface area (Å²) in [6.07, 6.45) is 2.35. The van der Waals surface area contributed by atoms with Crippen LogP contribution in [0.15, 0.2) is 60.1 Å². The fourth-order valence-electron chi connectivity index (χ4n) is 4.54. The molecule has 158 valence electrons. The minimum atomic E-state index is -0.465. The number of carbonyl (C=O) groups is 1. The topological polar surface area (TPSA) is 98.5 Å². The second kappa shape index (κ2) is 7.46. The van der Waals surface area contributed by atoms with Crippen LogP contribution in [0.3, 0.4) is 0 Å². The number of benzene rings is 2. The molecule has 0 spiro atoms. The zero-order valence-corrected chi connectivity index (χ0v) is 17.2. The van der Waals surface area contributed by atoms with Crippen LogP contribution < -0.4 is 14.8 Å². The number of nitrogens with one attached hydrogen (secondary N) is 1. The predicted octanol–water partition coefficient (Wildman–Crippen LogP) is 3.42. The molecule has 8 nitrogen and oxygen atoms in total. The standard InChI is InChI=1S/C23H22N4O4/c1-30-14-7-8-16(20(11-14)31-2)22-21-17(26-23-24-12-25-27(22)23)9-13(10-19(21)29)15-5-3-4-6-18(15)28/h3-8,11-13,22,28H,9-10H2,1-2H3,(H,24,25,26)/t13-,22-/m0/s1. The van der Waals surface area contributed by atoms with E-state index < -0.39 is 6.04 Å². The number of aromatic hydroxyl groups is 1. The molecule has 1 aliphatic carbocycles. The molecule has 2 aliphatic rings. The third kappa shape index (κ3) is 3.11. The highest BCUT2D eigenvalue weighted by Crippen LogP contribution is 2.47. The highest BCUT2D eigenvalue weighted by molar-refractivity contribution is 6.00. The van der Waals surface area contributed by atoms with Gasteiger partial charge in [-0.3, -0.25) is 4.79 Å². The molecule has 0 saturated carbocycles. The maximum atomic E-state index is 13.5. The molecule has 1 aliphatic heterocycles. The van der Waals surface area contributed by atoms with Crippen molar-refractivity contribution in [3.63, 3.8) is 0 Å². The Morgan fingerprint density at radius 1 is 1.10 bits per heavy atom. The van der Waals surface area contributed by atoms with Crippen LogP contribution in [0.25, 0.3) is 0 Å². The third-order valence-electron chi connectivity index (χ3n) is 5.97. The van der Waals surface area contributed by atoms with E-state index in [-0.39, 0.29) is 17.5 Å². The molecular weight excluding hydrogens is 396 g/mol. The van der Waals surface area contributed by atoms with Crippen LogP contribution >= 0.6 is 0 Å². The van der Waals surface area contributed by atoms with Gasteiger partial charge in [-0.25, -0.2) is 4.68 Å². The van der Waals surface area contributed by atoms with Crippen LogP contribution in [0, 0.1) is 0 Å². The first kappa shape index (κ1) is 19.2. The van der Waals surface area contributed by atoms with Crippen LogP contribution in [0.5, 0.6) is 17.2 Å². The van der Waals surface area contributed by atoms with E-state index in [0.717, 1.165) is 16.8 Å². The second-order valence-electron chi connectivity index (χ2n) is 7.64. The number of carbonyl (C=O) groups excluding carboxylic acids is 1. The quantitative estimate of drug-likeness (QED) is 0.670. The Bertz CT molecular complexity index is 1200. The lowest BCUT2D eigenvalue weighted by Crippen LogP contribution is -2.33. The van der Waals surface area contributed by atoms with E-state index in [9.17, 15) is 9.90 Å². The van der Waals surface area contributed by atoms with E-state index in [0.29, 0.717) is 35.9 Å². The largest absolute Gasteiger partial charge is 0.508 e. The van der Waals surface area contributed by atoms with Gasteiger partial charge in [-0.05, 0) is 30.2 Å². The molecule has 0 fully saturated rings. The van der Waals surface area contributed by atoms with Crippen LogP contribution in [-0.2, 0) is 4.79 Å². The van der Waals surface area contributed by atoms with Gasteiger partial charge >= 0.3 is 0 Å². The average Bonchev–Trinajstić information content (AvgIpc) is 3.25. The number of para-hydroxylation sites is 1. The number of hydrogen-bond donors (Lipinski definition) is 2. The van der Waals surface area contributed by atoms with Crippen molar-refractivity contribution in [2.24, 2.45) is 0 Å². The lowest BCUT2D eigenvalue weighted by molar-refractivity contribution is -0.116. The lowest BCUT2D eigenvalue weighted by Gasteiger charge is -2.35. The Balaban J connectivity index is 1.63. The Kier molecular flexibility index (Phi) is 4.62. The van der Waals surface area contributed by atoms with Gasteiger partial charge in [-0.15, -0.1) is 0 Å². The minimum absolute atomic E-state index is 0.00558. The fourth-order valence-corrected chi connectivity index (χ4v) is 4.54. The molecule has 2 atom stereocenters. The number of ketones is 1. The van der Waals surface area contributed by atoms with Crippen molar-refractivity contribution in [2.45, 2.75) is 24.8 Å². The minimum Gasteiger partial charge on any atom is -0.508 e. The van der Waals surface area contributed by atoms with E-state index in [2.05, 4.69) is 15.4 Å². The van der Waals surface area contributed by atoms with E-state index in [1.807, 2.05) is 24.3 Å². The number of hydrogen-bond acceptors (Lipinski definition) is 7. The van der Waals surface area contributed by atoms with Crippen LogP contribution in [0.1, 0.15) is 35.9 Å². The van der Waals surface area contributed by atoms with Crippen molar-refractivity contribution in [2.75, 3.05) is 19.5 Å². The smallest absolute Gasteiger partial charge is 0.226 e. The summed E-state index contributed by atoms with van der Waals surface area (Å²) in [5.41, 5.74) is 3.02. The predicted molar refractivity (Wildman–Crippen MR) is 113 cm³/mol. The molecule has 0 bridgehead atoms. The van der Waals surface area contributed by atoms with E-state index in [1.54, 1.807) is 37.1 Å². The summed E-state index contributed by atoms with van der Waals surface area (Å²) in [7, 11) is 3.19. The summed E-state index contributed by atoms with van der Waals surface area (Å²) in [5, 5.41) is 18.0. The van der Waals surface area contributed by atoms with Gasteiger partial charge in [0.25, 0.3) is 0 Å². The molecular formula is C23H22N4O4. The molecule has 8 heteroatoms. The summed E-state index contributed by atoms with van der Waals surface area (Å²) in [5.74, 6) is 1.93. The normalized spacial score (nSPS) is 20.0. The molecule has 0 amide bonds. The van der Waals surface area contributed by atoms with Gasteiger partial charge in [0.15, 0.2) is 5.78 Å². The summed E-state index contributed by atoms with van der Waals surface area (Å²) < 4.78 is 12.7. The monoisotopic (exact) mass is 418 g/mol. The molecule has 2 heterocycles. The number of methoxy groups -OCH3 is 2. The molecule has 0 radical (unpaired) electrons. The van der Waals surface area contributed by atoms with Gasteiger partial charge in [0, 0.05) is 35.2 Å². The van der Waals surface area contributed by atoms with Gasteiger partial charge in [0.2, 0.25) is 5.95 Å². The van der Waals surface area contributed by atoms with E-state index >= 15 is 0 Å². The molecule has 5 rings (SSSR count). The number of nitrogens with zero attached hydrogens (tertiary/aromatic N) is 3. The Hall–Kier alpha value is -3.81. The fraction of sp³-hybridized carbons (Fsp3) is 0.261. The number of ether oxygens (including phenoxy) is 2. The second-order valence-corrected chi connectivity index (χ2v) is 7.64. The van der Waals surface area contributed by atoms with Crippen molar-refractivity contribution in [1.29, 1.82) is 0 Å². The van der Waals surface area contributed by atoms with E-state index in [1.165, 1.54) is 6.33 Å². The maximum absolute atomic E-state index is 13.5. The first-order chi connectivity index (χ1) is 15.1. The summed E-state index contributed by atoms with van der Waals surface area (Å²) in [6.45, 7) is 0. The first-order valence-electron chi connectivity index (χ1n) is 10.0. The van der Waals surface area contributed by atoms with Crippen molar-refractivity contribution in [3.8, 4) is 17.2 Å². The van der Waals surface area contributed by atoms with Crippen molar-refractivity contribution < 1.29 is 19.4 Å². The number of rotatable bonds is 4. The highest BCUT2D eigenvalue weighted by Gasteiger charge is 2.40. The molecule has 0 saturated heterocycles. The molecule has 0 unspecified atom stereocenters. The number of phenolic OH excluding ortho intramolecular Hbond substituents is 1. The Labute approximate surface area is 179 Å². The van der Waals surface area contributed by atoms with Gasteiger partial charge in [-0.1, -0.05) is 18.2 Å². The van der Waals surface area contributed by atoms with Crippen LogP contribution in [0.4, 0.5) is 5.95 Å². The number of phenols is 1. The number of Topliss-reactive ketones (excluding diaryl/α,β-unsaturated/α-hetero) is 1. The first-order valence-corrected chi connectivity index (χ1v) is 10.0. The average molecular weight is 418 g/mol. The van der Waals surface area contributed by atoms with Gasteiger partial charge in [0.05, 0.1) is 14.2 Å². The highest BCUT2D eigenvalue weighted by atomic mass is 16.5. The third-order valence-corrected chi connectivity index (χ3v) is 5.97. The Morgan fingerprint density at radius 2 is 1.94 bits per heavy atom. The van der Waals surface area contributed by atoms with Crippen LogP contribution in [-0.4, -0.2) is 39.9 Å². The van der Waals surface area contributed by atoms with Gasteiger partial charge in [-0.2, -0.15) is 10.1 Å².